The molecular formula is C15H20F2N2O3. The molecule has 1 aromatic rings. The van der Waals surface area contributed by atoms with Crippen LogP contribution in [0.4, 0.5) is 8.78 Å². The van der Waals surface area contributed by atoms with Gasteiger partial charge in [-0.3, -0.25) is 9.69 Å². The maximum atomic E-state index is 12.0. The van der Waals surface area contributed by atoms with Gasteiger partial charge in [0.15, 0.2) is 0 Å². The van der Waals surface area contributed by atoms with Crippen molar-refractivity contribution >= 4 is 5.91 Å². The van der Waals surface area contributed by atoms with Crippen molar-refractivity contribution in [1.29, 1.82) is 0 Å². The number of alkyl halides is 2. The Balaban J connectivity index is 1.76. The lowest BCUT2D eigenvalue weighted by molar-refractivity contribution is -0.122. The summed E-state index contributed by atoms with van der Waals surface area (Å²) in [7, 11) is 1.90. The summed E-state index contributed by atoms with van der Waals surface area (Å²) >= 11 is 0. The Morgan fingerprint density at radius 3 is 2.59 bits per heavy atom. The lowest BCUT2D eigenvalue weighted by Crippen LogP contribution is -2.37. The molecule has 7 heteroatoms. The zero-order valence-corrected chi connectivity index (χ0v) is 12.3. The van der Waals surface area contributed by atoms with Crippen LogP contribution in [0.3, 0.4) is 0 Å². The molecule has 1 amide bonds. The topological polar surface area (TPSA) is 61.8 Å². The molecule has 1 atom stereocenters. The van der Waals surface area contributed by atoms with Crippen LogP contribution in [0, 0.1) is 0 Å². The molecule has 1 saturated carbocycles. The van der Waals surface area contributed by atoms with E-state index in [1.165, 1.54) is 24.3 Å². The number of aliphatic hydroxyl groups excluding tert-OH is 1. The van der Waals surface area contributed by atoms with Crippen LogP contribution in [0.1, 0.15) is 24.5 Å². The number of nitrogens with one attached hydrogen (secondary N) is 1. The Kier molecular flexibility index (Phi) is 5.68. The fraction of sp³-hybridized carbons (Fsp3) is 0.533. The van der Waals surface area contributed by atoms with Gasteiger partial charge in [0, 0.05) is 12.6 Å². The molecule has 1 aromatic carbocycles. The van der Waals surface area contributed by atoms with Crippen LogP contribution in [0.15, 0.2) is 24.3 Å². The van der Waals surface area contributed by atoms with Crippen LogP contribution in [0.2, 0.25) is 0 Å². The van der Waals surface area contributed by atoms with Gasteiger partial charge < -0.3 is 15.2 Å². The van der Waals surface area contributed by atoms with E-state index in [-0.39, 0.29) is 18.2 Å². The van der Waals surface area contributed by atoms with Crippen molar-refractivity contribution in [3.8, 4) is 5.75 Å². The molecule has 122 valence electrons. The van der Waals surface area contributed by atoms with Gasteiger partial charge >= 0.3 is 6.61 Å². The molecular weight excluding hydrogens is 294 g/mol. The maximum Gasteiger partial charge on any atom is 0.387 e. The molecule has 5 nitrogen and oxygen atoms in total. The molecule has 0 heterocycles. The van der Waals surface area contributed by atoms with Crippen LogP contribution >= 0.6 is 0 Å². The van der Waals surface area contributed by atoms with Crippen molar-refractivity contribution < 1.29 is 23.4 Å². The Morgan fingerprint density at radius 1 is 1.41 bits per heavy atom. The number of nitrogens with zero attached hydrogens (tertiary/aromatic N) is 1. The Bertz CT molecular complexity index is 492. The van der Waals surface area contributed by atoms with Crippen LogP contribution in [-0.4, -0.2) is 48.7 Å². The van der Waals surface area contributed by atoms with Gasteiger partial charge in [0.25, 0.3) is 0 Å². The Morgan fingerprint density at radius 2 is 2.05 bits per heavy atom. The van der Waals surface area contributed by atoms with Gasteiger partial charge in [0.05, 0.1) is 12.6 Å². The lowest BCUT2D eigenvalue weighted by atomic mass is 10.1. The number of likely N-dealkylation sites (N-methyl/N-ethyl adjacent to an activating group) is 1. The third kappa shape index (κ3) is 5.23. The molecule has 2 rings (SSSR count). The van der Waals surface area contributed by atoms with E-state index in [0.29, 0.717) is 18.2 Å². The predicted octanol–water partition coefficient (Wildman–Crippen LogP) is 1.53. The number of ether oxygens (including phenoxy) is 1. The summed E-state index contributed by atoms with van der Waals surface area (Å²) in [5, 5.41) is 12.6. The highest BCUT2D eigenvalue weighted by molar-refractivity contribution is 5.78. The molecule has 0 aliphatic heterocycles. The standard InChI is InChI=1S/C15H20F2N2O3/c1-19(11-4-5-11)9-14(21)18-8-13(20)10-2-6-12(7-3-10)22-15(16)17/h2-3,6-7,11,13,15,20H,4-5,8-9H2,1H3,(H,18,21). The maximum absolute atomic E-state index is 12.0. The van der Waals surface area contributed by atoms with Gasteiger partial charge in [0.2, 0.25) is 5.91 Å². The summed E-state index contributed by atoms with van der Waals surface area (Å²) in [5.41, 5.74) is 0.525. The number of carbonyl (C=O) groups excluding carboxylic acids is 1. The average molecular weight is 314 g/mol. The zero-order valence-electron chi connectivity index (χ0n) is 12.3. The van der Waals surface area contributed by atoms with E-state index in [0.717, 1.165) is 12.8 Å². The lowest BCUT2D eigenvalue weighted by Gasteiger charge is -2.17. The molecule has 2 N–H and O–H groups in total. The minimum absolute atomic E-state index is 0.0287. The summed E-state index contributed by atoms with van der Waals surface area (Å²) in [5.74, 6) is -0.118. The van der Waals surface area contributed by atoms with Crippen molar-refractivity contribution in [1.82, 2.24) is 10.2 Å². The average Bonchev–Trinajstić information content (AvgIpc) is 3.29. The minimum Gasteiger partial charge on any atom is -0.435 e. The second kappa shape index (κ2) is 7.51. The SMILES string of the molecule is CN(CC(=O)NCC(O)c1ccc(OC(F)F)cc1)C1CC1. The number of carbonyl (C=O) groups is 1. The second-order valence-corrected chi connectivity index (χ2v) is 5.41. The van der Waals surface area contributed by atoms with Crippen molar-refractivity contribution in [3.05, 3.63) is 29.8 Å². The van der Waals surface area contributed by atoms with E-state index in [1.807, 2.05) is 11.9 Å². The van der Waals surface area contributed by atoms with Crippen LogP contribution in [-0.2, 0) is 4.79 Å². The third-order valence-electron chi connectivity index (χ3n) is 3.55. The number of benzene rings is 1. The molecule has 1 fully saturated rings. The minimum atomic E-state index is -2.88. The van der Waals surface area contributed by atoms with Gasteiger partial charge in [-0.2, -0.15) is 8.78 Å². The van der Waals surface area contributed by atoms with E-state index >= 15 is 0 Å². The molecule has 0 bridgehead atoms. The molecule has 1 aliphatic carbocycles. The number of aliphatic hydroxyl groups is 1. The summed E-state index contributed by atoms with van der Waals surface area (Å²) in [6.07, 6.45) is 1.36. The quantitative estimate of drug-likeness (QED) is 0.764. The second-order valence-electron chi connectivity index (χ2n) is 5.41. The summed E-state index contributed by atoms with van der Waals surface area (Å²) < 4.78 is 28.3. The normalized spacial score (nSPS) is 15.9. The fourth-order valence-corrected chi connectivity index (χ4v) is 2.13. The third-order valence-corrected chi connectivity index (χ3v) is 3.55. The van der Waals surface area contributed by atoms with E-state index in [4.69, 9.17) is 0 Å². The summed E-state index contributed by atoms with van der Waals surface area (Å²) in [6.45, 7) is -2.50. The number of hydrogen-bond donors (Lipinski definition) is 2. The highest BCUT2D eigenvalue weighted by atomic mass is 19.3. The summed E-state index contributed by atoms with van der Waals surface area (Å²) in [6, 6.07) is 6.19. The van der Waals surface area contributed by atoms with Gasteiger partial charge in [-0.05, 0) is 37.6 Å². The molecule has 0 radical (unpaired) electrons. The van der Waals surface area contributed by atoms with E-state index < -0.39 is 12.7 Å². The van der Waals surface area contributed by atoms with Crippen molar-refractivity contribution in [2.45, 2.75) is 31.6 Å². The van der Waals surface area contributed by atoms with E-state index in [2.05, 4.69) is 10.1 Å². The van der Waals surface area contributed by atoms with Crippen LogP contribution < -0.4 is 10.1 Å². The highest BCUT2D eigenvalue weighted by Gasteiger charge is 2.27. The molecule has 1 aliphatic rings. The van der Waals surface area contributed by atoms with Crippen molar-refractivity contribution in [2.24, 2.45) is 0 Å². The smallest absolute Gasteiger partial charge is 0.387 e. The Labute approximate surface area is 127 Å². The first kappa shape index (κ1) is 16.6. The summed E-state index contributed by atoms with van der Waals surface area (Å²) in [4.78, 5) is 13.7. The Hall–Kier alpha value is -1.73. The van der Waals surface area contributed by atoms with E-state index in [9.17, 15) is 18.7 Å². The van der Waals surface area contributed by atoms with Gasteiger partial charge in [0.1, 0.15) is 5.75 Å². The predicted molar refractivity (Wildman–Crippen MR) is 76.7 cm³/mol. The van der Waals surface area contributed by atoms with Crippen LogP contribution in [0.25, 0.3) is 0 Å². The van der Waals surface area contributed by atoms with E-state index in [1.54, 1.807) is 0 Å². The van der Waals surface area contributed by atoms with Gasteiger partial charge in [-0.1, -0.05) is 12.1 Å². The van der Waals surface area contributed by atoms with Crippen molar-refractivity contribution in [3.63, 3.8) is 0 Å². The molecule has 0 saturated heterocycles. The molecule has 0 aromatic heterocycles. The first-order valence-electron chi connectivity index (χ1n) is 7.15. The largest absolute Gasteiger partial charge is 0.435 e. The van der Waals surface area contributed by atoms with Gasteiger partial charge in [-0.25, -0.2) is 0 Å². The molecule has 1 unspecified atom stereocenters. The first-order valence-corrected chi connectivity index (χ1v) is 7.15. The van der Waals surface area contributed by atoms with Crippen molar-refractivity contribution in [2.75, 3.05) is 20.1 Å². The number of halogens is 2. The molecule has 22 heavy (non-hydrogen) atoms. The zero-order chi connectivity index (χ0) is 16.1. The van der Waals surface area contributed by atoms with Crippen LogP contribution in [0.5, 0.6) is 5.75 Å². The molecule has 0 spiro atoms. The number of rotatable bonds is 8. The number of amides is 1. The van der Waals surface area contributed by atoms with Gasteiger partial charge in [-0.15, -0.1) is 0 Å². The number of hydrogen-bond acceptors (Lipinski definition) is 4. The highest BCUT2D eigenvalue weighted by Crippen LogP contribution is 2.24. The monoisotopic (exact) mass is 314 g/mol. The first-order chi connectivity index (χ1) is 10.5. The fourth-order valence-electron chi connectivity index (χ4n) is 2.13.